The molecule has 2 rings (SSSR count). The fourth-order valence-electron chi connectivity index (χ4n) is 2.85. The second kappa shape index (κ2) is 5.98. The average molecular weight is 253 g/mol. The van der Waals surface area contributed by atoms with E-state index in [1.807, 2.05) is 19.1 Å². The predicted octanol–water partition coefficient (Wildman–Crippen LogP) is 3.15. The highest BCUT2D eigenvalue weighted by Gasteiger charge is 2.38. The van der Waals surface area contributed by atoms with Crippen molar-refractivity contribution < 1.29 is 9.13 Å². The molecule has 0 bridgehead atoms. The third-order valence-electron chi connectivity index (χ3n) is 4.13. The van der Waals surface area contributed by atoms with Gasteiger partial charge >= 0.3 is 0 Å². The summed E-state index contributed by atoms with van der Waals surface area (Å²) >= 11 is 0. The fraction of sp³-hybridized carbons (Fsp3) is 0.733. The maximum atomic E-state index is 12.4. The number of allylic oxidation sites excluding steroid dienone is 3. The van der Waals surface area contributed by atoms with Gasteiger partial charge in [0, 0.05) is 0 Å². The molecule has 18 heavy (non-hydrogen) atoms. The second-order valence-electron chi connectivity index (χ2n) is 5.58. The quantitative estimate of drug-likeness (QED) is 0.816. The number of alkyl halides is 1. The van der Waals surface area contributed by atoms with Gasteiger partial charge < -0.3 is 10.1 Å². The lowest BCUT2D eigenvalue weighted by Gasteiger charge is -2.44. The summed E-state index contributed by atoms with van der Waals surface area (Å²) in [4.78, 5) is 0. The van der Waals surface area contributed by atoms with Crippen molar-refractivity contribution in [2.45, 2.75) is 51.2 Å². The highest BCUT2D eigenvalue weighted by atomic mass is 19.1. The molecule has 0 radical (unpaired) electrons. The maximum Gasteiger partial charge on any atom is 0.111 e. The summed E-state index contributed by atoms with van der Waals surface area (Å²) in [5.74, 6) is 0. The van der Waals surface area contributed by atoms with Crippen LogP contribution < -0.4 is 5.32 Å². The minimum atomic E-state index is -0.366. The third-order valence-corrected chi connectivity index (χ3v) is 4.13. The molecule has 2 aliphatic rings. The molecule has 0 amide bonds. The van der Waals surface area contributed by atoms with E-state index in [2.05, 4.69) is 12.2 Å². The first-order valence-electron chi connectivity index (χ1n) is 6.96. The third kappa shape index (κ3) is 3.21. The predicted molar refractivity (Wildman–Crippen MR) is 72.4 cm³/mol. The van der Waals surface area contributed by atoms with Crippen LogP contribution in [0, 0.1) is 0 Å². The van der Waals surface area contributed by atoms with Gasteiger partial charge in [0.15, 0.2) is 0 Å². The summed E-state index contributed by atoms with van der Waals surface area (Å²) in [7, 11) is 0. The summed E-state index contributed by atoms with van der Waals surface area (Å²) in [5.41, 5.74) is 2.17. The van der Waals surface area contributed by atoms with Crippen LogP contribution in [0.4, 0.5) is 4.39 Å². The van der Waals surface area contributed by atoms with Gasteiger partial charge in [-0.3, -0.25) is 0 Å². The largest absolute Gasteiger partial charge is 0.368 e. The standard InChI is InChI=1S/C15H24FNO/c1-12(11-16)3-4-14-5-6-15(18-13(14)2)7-9-17-10-8-15/h3-4,13,17H,5-11H2,1-2H3. The van der Waals surface area contributed by atoms with Gasteiger partial charge in [0.1, 0.15) is 6.67 Å². The Morgan fingerprint density at radius 3 is 2.78 bits per heavy atom. The SMILES string of the molecule is CC(=CC=C1CCC2(CCNCC2)OC1C)CF. The number of piperidine rings is 1. The lowest BCUT2D eigenvalue weighted by atomic mass is 9.82. The van der Waals surface area contributed by atoms with E-state index in [0.717, 1.165) is 44.3 Å². The molecule has 0 aromatic rings. The molecular formula is C15H24FNO. The van der Waals surface area contributed by atoms with E-state index in [1.54, 1.807) is 0 Å². The second-order valence-corrected chi connectivity index (χ2v) is 5.58. The first kappa shape index (κ1) is 13.8. The van der Waals surface area contributed by atoms with Crippen LogP contribution in [-0.4, -0.2) is 31.5 Å². The highest BCUT2D eigenvalue weighted by molar-refractivity contribution is 5.21. The van der Waals surface area contributed by atoms with Crippen molar-refractivity contribution in [3.8, 4) is 0 Å². The summed E-state index contributed by atoms with van der Waals surface area (Å²) in [6.07, 6.45) is 8.52. The van der Waals surface area contributed by atoms with Gasteiger partial charge in [0.2, 0.25) is 0 Å². The Bertz CT molecular complexity index is 342. The molecule has 3 heteroatoms. The molecule has 1 atom stereocenters. The molecule has 0 aromatic heterocycles. The number of rotatable bonds is 2. The first-order chi connectivity index (χ1) is 8.65. The average Bonchev–Trinajstić information content (AvgIpc) is 2.38. The lowest BCUT2D eigenvalue weighted by molar-refractivity contribution is -0.113. The summed E-state index contributed by atoms with van der Waals surface area (Å²) in [6, 6.07) is 0. The molecule has 1 spiro atoms. The molecule has 0 saturated carbocycles. The molecule has 1 unspecified atom stereocenters. The zero-order chi connectivity index (χ0) is 13.0. The Balaban J connectivity index is 1.99. The molecular weight excluding hydrogens is 229 g/mol. The Hall–Kier alpha value is -0.670. The summed E-state index contributed by atoms with van der Waals surface area (Å²) < 4.78 is 18.6. The Morgan fingerprint density at radius 2 is 2.17 bits per heavy atom. The van der Waals surface area contributed by atoms with Gasteiger partial charge in [0.25, 0.3) is 0 Å². The van der Waals surface area contributed by atoms with Gasteiger partial charge in [-0.15, -0.1) is 0 Å². The maximum absolute atomic E-state index is 12.4. The van der Waals surface area contributed by atoms with Crippen LogP contribution in [-0.2, 0) is 4.74 Å². The highest BCUT2D eigenvalue weighted by Crippen LogP contribution is 2.37. The zero-order valence-corrected chi connectivity index (χ0v) is 11.5. The van der Waals surface area contributed by atoms with Crippen molar-refractivity contribution in [1.29, 1.82) is 0 Å². The molecule has 2 heterocycles. The van der Waals surface area contributed by atoms with E-state index >= 15 is 0 Å². The number of hydrogen-bond donors (Lipinski definition) is 1. The van der Waals surface area contributed by atoms with Crippen molar-refractivity contribution in [2.24, 2.45) is 0 Å². The molecule has 1 N–H and O–H groups in total. The fourth-order valence-corrected chi connectivity index (χ4v) is 2.85. The molecule has 0 aromatic carbocycles. The Kier molecular flexibility index (Phi) is 4.57. The van der Waals surface area contributed by atoms with Gasteiger partial charge in [0.05, 0.1) is 11.7 Å². The number of halogens is 1. The Labute approximate surface area is 109 Å². The van der Waals surface area contributed by atoms with Crippen LogP contribution in [0.15, 0.2) is 23.3 Å². The Morgan fingerprint density at radius 1 is 1.44 bits per heavy atom. The minimum absolute atomic E-state index is 0.0981. The van der Waals surface area contributed by atoms with Crippen molar-refractivity contribution in [3.05, 3.63) is 23.3 Å². The molecule has 0 aliphatic carbocycles. The summed E-state index contributed by atoms with van der Waals surface area (Å²) in [5, 5.41) is 3.38. The summed E-state index contributed by atoms with van der Waals surface area (Å²) in [6.45, 7) is 5.70. The van der Waals surface area contributed by atoms with Crippen LogP contribution in [0.3, 0.4) is 0 Å². The number of hydrogen-bond acceptors (Lipinski definition) is 2. The van der Waals surface area contributed by atoms with Gasteiger partial charge in [-0.2, -0.15) is 0 Å². The molecule has 2 nitrogen and oxygen atoms in total. The van der Waals surface area contributed by atoms with Crippen LogP contribution in [0.2, 0.25) is 0 Å². The van der Waals surface area contributed by atoms with E-state index in [-0.39, 0.29) is 18.4 Å². The minimum Gasteiger partial charge on any atom is -0.368 e. The van der Waals surface area contributed by atoms with E-state index in [1.165, 1.54) is 5.57 Å². The normalized spacial score (nSPS) is 30.9. The molecule has 2 aliphatic heterocycles. The van der Waals surface area contributed by atoms with Crippen molar-refractivity contribution in [1.82, 2.24) is 5.32 Å². The van der Waals surface area contributed by atoms with E-state index < -0.39 is 0 Å². The zero-order valence-electron chi connectivity index (χ0n) is 11.5. The van der Waals surface area contributed by atoms with Gasteiger partial charge in [-0.25, -0.2) is 4.39 Å². The first-order valence-corrected chi connectivity index (χ1v) is 6.96. The van der Waals surface area contributed by atoms with E-state index in [4.69, 9.17) is 4.74 Å². The molecule has 2 fully saturated rings. The van der Waals surface area contributed by atoms with E-state index in [9.17, 15) is 4.39 Å². The van der Waals surface area contributed by atoms with Crippen LogP contribution in [0.1, 0.15) is 39.5 Å². The van der Waals surface area contributed by atoms with Crippen molar-refractivity contribution >= 4 is 0 Å². The molecule has 102 valence electrons. The monoisotopic (exact) mass is 253 g/mol. The topological polar surface area (TPSA) is 21.3 Å². The van der Waals surface area contributed by atoms with Crippen LogP contribution >= 0.6 is 0 Å². The smallest absolute Gasteiger partial charge is 0.111 e. The number of ether oxygens (including phenoxy) is 1. The van der Waals surface area contributed by atoms with Crippen LogP contribution in [0.25, 0.3) is 0 Å². The van der Waals surface area contributed by atoms with E-state index in [0.29, 0.717) is 0 Å². The van der Waals surface area contributed by atoms with Crippen molar-refractivity contribution in [3.63, 3.8) is 0 Å². The van der Waals surface area contributed by atoms with Crippen LogP contribution in [0.5, 0.6) is 0 Å². The molecule has 2 saturated heterocycles. The number of nitrogens with one attached hydrogen (secondary N) is 1. The van der Waals surface area contributed by atoms with Gasteiger partial charge in [-0.1, -0.05) is 12.2 Å². The van der Waals surface area contributed by atoms with Crippen molar-refractivity contribution in [2.75, 3.05) is 19.8 Å². The lowest BCUT2D eigenvalue weighted by Crippen LogP contribution is -2.48. The van der Waals surface area contributed by atoms with Gasteiger partial charge in [-0.05, 0) is 63.8 Å².